The van der Waals surface area contributed by atoms with Crippen LogP contribution in [-0.4, -0.2) is 6.16 Å². The van der Waals surface area contributed by atoms with Crippen LogP contribution in [0.4, 0.5) is 0 Å². The summed E-state index contributed by atoms with van der Waals surface area (Å²) in [7, 11) is -2.44. The van der Waals surface area contributed by atoms with Crippen LogP contribution in [0.25, 0.3) is 0 Å². The van der Waals surface area contributed by atoms with Crippen molar-refractivity contribution in [3.8, 4) is 0 Å². The molecule has 2 aromatic carbocycles. The third-order valence-electron chi connectivity index (χ3n) is 3.17. The molecule has 0 bridgehead atoms. The molecule has 0 saturated carbocycles. The van der Waals surface area contributed by atoms with Crippen LogP contribution < -0.4 is 10.6 Å². The smallest absolute Gasteiger partial charge is 0.143 e. The van der Waals surface area contributed by atoms with Crippen LogP contribution in [0.1, 0.15) is 19.8 Å². The van der Waals surface area contributed by atoms with E-state index in [0.29, 0.717) is 0 Å². The molecule has 0 aliphatic carbocycles. The summed E-state index contributed by atoms with van der Waals surface area (Å²) in [4.78, 5) is 0. The van der Waals surface area contributed by atoms with Crippen LogP contribution in [0.5, 0.6) is 0 Å². The molecular weight excluding hydrogens is 346 g/mol. The number of benzene rings is 2. The Balaban J connectivity index is 0.00000180. The molecule has 0 aliphatic rings. The normalized spacial score (nSPS) is 10.8. The van der Waals surface area contributed by atoms with Gasteiger partial charge in [0.15, 0.2) is 0 Å². The van der Waals surface area contributed by atoms with Crippen LogP contribution in [-0.2, 0) is 25.0 Å². The van der Waals surface area contributed by atoms with Crippen molar-refractivity contribution in [2.45, 2.75) is 19.8 Å². The maximum absolute atomic E-state index is 13.4. The van der Waals surface area contributed by atoms with Gasteiger partial charge >= 0.3 is 0 Å². The fourth-order valence-electron chi connectivity index (χ4n) is 2.13. The minimum Gasteiger partial charge on any atom is -0.314 e. The molecule has 0 aromatic heterocycles. The molecule has 0 aliphatic heterocycles. The fourth-order valence-corrected chi connectivity index (χ4v) is 5.01. The van der Waals surface area contributed by atoms with E-state index < -0.39 is 7.14 Å². The first kappa shape index (κ1) is 16.4. The van der Waals surface area contributed by atoms with E-state index in [4.69, 9.17) is 0 Å². The van der Waals surface area contributed by atoms with Gasteiger partial charge in [-0.1, -0.05) is 74.0 Å². The average molecular weight is 365 g/mol. The topological polar surface area (TPSA) is 17.1 Å². The SMILES string of the molecule is CCCCP(=O)(c1ccccc1)c1ccccc1.[Pd]. The van der Waals surface area contributed by atoms with Crippen molar-refractivity contribution in [3.05, 3.63) is 60.7 Å². The van der Waals surface area contributed by atoms with Crippen molar-refractivity contribution < 1.29 is 25.0 Å². The molecule has 0 amide bonds. The number of unbranched alkanes of at least 4 members (excludes halogenated alkanes) is 1. The van der Waals surface area contributed by atoms with E-state index in [2.05, 4.69) is 6.92 Å². The molecule has 0 heterocycles. The summed E-state index contributed by atoms with van der Waals surface area (Å²) in [6, 6.07) is 19.8. The van der Waals surface area contributed by atoms with Gasteiger partial charge in [-0.2, -0.15) is 0 Å². The summed E-state index contributed by atoms with van der Waals surface area (Å²) < 4.78 is 13.4. The number of rotatable bonds is 5. The van der Waals surface area contributed by atoms with Gasteiger partial charge in [-0.15, -0.1) is 0 Å². The molecule has 104 valence electrons. The Hall–Kier alpha value is -0.668. The molecule has 19 heavy (non-hydrogen) atoms. The van der Waals surface area contributed by atoms with Gasteiger partial charge in [0.25, 0.3) is 0 Å². The average Bonchev–Trinajstić information content (AvgIpc) is 2.46. The molecular formula is C16H19OPPd. The predicted octanol–water partition coefficient (Wildman–Crippen LogP) is 3.80. The summed E-state index contributed by atoms with van der Waals surface area (Å²) in [5, 5.41) is 1.95. The first-order valence-electron chi connectivity index (χ1n) is 6.47. The number of hydrogen-bond acceptors (Lipinski definition) is 1. The van der Waals surface area contributed by atoms with Crippen molar-refractivity contribution in [2.75, 3.05) is 6.16 Å². The molecule has 0 saturated heterocycles. The zero-order chi connectivity index (χ0) is 12.8. The third-order valence-corrected chi connectivity index (χ3v) is 6.38. The van der Waals surface area contributed by atoms with E-state index >= 15 is 0 Å². The maximum Gasteiger partial charge on any atom is 0.143 e. The van der Waals surface area contributed by atoms with E-state index in [9.17, 15) is 4.57 Å². The van der Waals surface area contributed by atoms with Crippen molar-refractivity contribution in [3.63, 3.8) is 0 Å². The Labute approximate surface area is 129 Å². The molecule has 2 aromatic rings. The van der Waals surface area contributed by atoms with Crippen molar-refractivity contribution >= 4 is 17.8 Å². The minimum absolute atomic E-state index is 0. The molecule has 1 nitrogen and oxygen atoms in total. The summed E-state index contributed by atoms with van der Waals surface area (Å²) >= 11 is 0. The molecule has 0 spiro atoms. The first-order chi connectivity index (χ1) is 8.77. The Kier molecular flexibility index (Phi) is 6.73. The Morgan fingerprint density at radius 1 is 0.842 bits per heavy atom. The Morgan fingerprint density at radius 3 is 1.63 bits per heavy atom. The van der Waals surface area contributed by atoms with Gasteiger partial charge in [-0.05, 0) is 6.42 Å². The van der Waals surface area contributed by atoms with Gasteiger partial charge in [0.2, 0.25) is 0 Å². The molecule has 0 unspecified atom stereocenters. The van der Waals surface area contributed by atoms with Gasteiger partial charge in [0.1, 0.15) is 7.14 Å². The van der Waals surface area contributed by atoms with Gasteiger partial charge in [0, 0.05) is 37.2 Å². The largest absolute Gasteiger partial charge is 0.314 e. The van der Waals surface area contributed by atoms with E-state index in [1.165, 1.54) is 0 Å². The quantitative estimate of drug-likeness (QED) is 0.582. The molecule has 0 atom stereocenters. The van der Waals surface area contributed by atoms with Gasteiger partial charge in [-0.3, -0.25) is 0 Å². The van der Waals surface area contributed by atoms with E-state index in [1.807, 2.05) is 60.7 Å². The second-order valence-electron chi connectivity index (χ2n) is 4.49. The summed E-state index contributed by atoms with van der Waals surface area (Å²) in [5.41, 5.74) is 0. The Morgan fingerprint density at radius 2 is 1.26 bits per heavy atom. The monoisotopic (exact) mass is 364 g/mol. The van der Waals surface area contributed by atoms with Gasteiger partial charge in [0.05, 0.1) is 0 Å². The zero-order valence-corrected chi connectivity index (χ0v) is 13.5. The third kappa shape index (κ3) is 3.90. The van der Waals surface area contributed by atoms with Crippen molar-refractivity contribution in [1.29, 1.82) is 0 Å². The van der Waals surface area contributed by atoms with Crippen LogP contribution in [0, 0.1) is 0 Å². The molecule has 3 heteroatoms. The second-order valence-corrected chi connectivity index (χ2v) is 7.45. The van der Waals surface area contributed by atoms with Crippen molar-refractivity contribution in [1.82, 2.24) is 0 Å². The van der Waals surface area contributed by atoms with Crippen LogP contribution in [0.3, 0.4) is 0 Å². The van der Waals surface area contributed by atoms with Crippen molar-refractivity contribution in [2.24, 2.45) is 0 Å². The van der Waals surface area contributed by atoms with E-state index in [0.717, 1.165) is 29.6 Å². The Bertz CT molecular complexity index is 481. The van der Waals surface area contributed by atoms with Crippen LogP contribution in [0.15, 0.2) is 60.7 Å². The summed E-state index contributed by atoms with van der Waals surface area (Å²) in [6.45, 7) is 2.14. The second kappa shape index (κ2) is 7.81. The van der Waals surface area contributed by atoms with Crippen LogP contribution in [0.2, 0.25) is 0 Å². The summed E-state index contributed by atoms with van der Waals surface area (Å²) in [6.07, 6.45) is 2.84. The van der Waals surface area contributed by atoms with Gasteiger partial charge < -0.3 is 4.57 Å². The van der Waals surface area contributed by atoms with Crippen LogP contribution >= 0.6 is 7.14 Å². The van der Waals surface area contributed by atoms with E-state index in [1.54, 1.807) is 0 Å². The van der Waals surface area contributed by atoms with E-state index in [-0.39, 0.29) is 20.4 Å². The summed E-state index contributed by atoms with van der Waals surface area (Å²) in [5.74, 6) is 0. The zero-order valence-electron chi connectivity index (χ0n) is 11.1. The molecule has 0 N–H and O–H groups in total. The minimum atomic E-state index is -2.44. The molecule has 0 fully saturated rings. The first-order valence-corrected chi connectivity index (χ1v) is 8.37. The molecule has 0 radical (unpaired) electrons. The standard InChI is InChI=1S/C16H19OP.Pd/c1-2-3-14-18(17,15-10-6-4-7-11-15)16-12-8-5-9-13-16;/h4-13H,2-3,14H2,1H3;. The predicted molar refractivity (Wildman–Crippen MR) is 79.5 cm³/mol. The maximum atomic E-state index is 13.4. The fraction of sp³-hybridized carbons (Fsp3) is 0.250. The van der Waals surface area contributed by atoms with Gasteiger partial charge in [-0.25, -0.2) is 0 Å². The molecule has 2 rings (SSSR count). The number of hydrogen-bond donors (Lipinski definition) is 0.